The number of ether oxygens (including phenoxy) is 1. The average molecular weight is 320 g/mol. The summed E-state index contributed by atoms with van der Waals surface area (Å²) in [6.45, 7) is 2.78. The molecule has 23 heavy (non-hydrogen) atoms. The summed E-state index contributed by atoms with van der Waals surface area (Å²) in [6, 6.07) is 3.66. The Balaban J connectivity index is 1.45. The second-order valence-corrected chi connectivity index (χ2v) is 6.11. The van der Waals surface area contributed by atoms with Crippen molar-refractivity contribution in [3.05, 3.63) is 30.1 Å². The summed E-state index contributed by atoms with van der Waals surface area (Å²) in [5, 5.41) is 20.0. The van der Waals surface area contributed by atoms with Crippen LogP contribution in [0.4, 0.5) is 0 Å². The minimum Gasteiger partial charge on any atom is -0.389 e. The first-order valence-corrected chi connectivity index (χ1v) is 8.18. The van der Waals surface area contributed by atoms with Gasteiger partial charge in [0.05, 0.1) is 18.8 Å². The summed E-state index contributed by atoms with van der Waals surface area (Å²) in [6.07, 6.45) is 4.30. The molecular formula is C16H24N4O3. The number of pyridine rings is 1. The van der Waals surface area contributed by atoms with Crippen LogP contribution in [0.15, 0.2) is 24.5 Å². The molecule has 2 aliphatic heterocycles. The van der Waals surface area contributed by atoms with Crippen molar-refractivity contribution in [1.82, 2.24) is 20.9 Å². The Kier molecular flexibility index (Phi) is 5.56. The predicted octanol–water partition coefficient (Wildman–Crippen LogP) is -0.719. The normalized spacial score (nSPS) is 28.7. The topological polar surface area (TPSA) is 95.5 Å². The van der Waals surface area contributed by atoms with Gasteiger partial charge in [-0.2, -0.15) is 0 Å². The molecular weight excluding hydrogens is 296 g/mol. The van der Waals surface area contributed by atoms with Gasteiger partial charge in [-0.3, -0.25) is 9.78 Å². The van der Waals surface area contributed by atoms with Crippen LogP contribution in [-0.2, 0) is 4.74 Å². The van der Waals surface area contributed by atoms with Gasteiger partial charge in [-0.05, 0) is 38.1 Å². The number of amides is 1. The van der Waals surface area contributed by atoms with Gasteiger partial charge in [0.1, 0.15) is 6.10 Å². The van der Waals surface area contributed by atoms with E-state index in [-0.39, 0.29) is 18.1 Å². The number of hydrogen-bond donors (Lipinski definition) is 4. The lowest BCUT2D eigenvalue weighted by atomic mass is 10.0. The maximum atomic E-state index is 12.0. The smallest absolute Gasteiger partial charge is 0.251 e. The summed E-state index contributed by atoms with van der Waals surface area (Å²) in [5.74, 6) is -0.182. The number of aliphatic hydroxyl groups is 1. The van der Waals surface area contributed by atoms with Crippen molar-refractivity contribution in [2.24, 2.45) is 0 Å². The predicted molar refractivity (Wildman–Crippen MR) is 85.1 cm³/mol. The van der Waals surface area contributed by atoms with Gasteiger partial charge in [0, 0.05) is 30.5 Å². The number of rotatable bonds is 5. The molecule has 0 aliphatic carbocycles. The molecule has 7 heteroatoms. The van der Waals surface area contributed by atoms with E-state index in [1.54, 1.807) is 24.5 Å². The van der Waals surface area contributed by atoms with Crippen LogP contribution in [0.5, 0.6) is 0 Å². The van der Waals surface area contributed by atoms with Crippen molar-refractivity contribution in [1.29, 1.82) is 0 Å². The molecule has 0 spiro atoms. The molecule has 7 nitrogen and oxygen atoms in total. The lowest BCUT2D eigenvalue weighted by Crippen LogP contribution is -2.50. The van der Waals surface area contributed by atoms with Crippen LogP contribution < -0.4 is 16.0 Å². The second-order valence-electron chi connectivity index (χ2n) is 6.11. The summed E-state index contributed by atoms with van der Waals surface area (Å²) in [7, 11) is 0. The highest BCUT2D eigenvalue weighted by Crippen LogP contribution is 2.16. The Morgan fingerprint density at radius 3 is 2.83 bits per heavy atom. The molecule has 3 rings (SSSR count). The molecule has 0 aromatic carbocycles. The maximum Gasteiger partial charge on any atom is 0.251 e. The Hall–Kier alpha value is -1.54. The third-order valence-corrected chi connectivity index (χ3v) is 4.48. The zero-order chi connectivity index (χ0) is 16.1. The first-order chi connectivity index (χ1) is 11.2. The highest BCUT2D eigenvalue weighted by molar-refractivity contribution is 5.93. The van der Waals surface area contributed by atoms with E-state index in [0.29, 0.717) is 24.8 Å². The lowest BCUT2D eigenvalue weighted by molar-refractivity contribution is 0.0394. The number of piperidine rings is 1. The third kappa shape index (κ3) is 4.26. The molecule has 1 aromatic heterocycles. The Morgan fingerprint density at radius 1 is 1.35 bits per heavy atom. The average Bonchev–Trinajstić information content (AvgIpc) is 2.94. The van der Waals surface area contributed by atoms with Crippen molar-refractivity contribution in [2.45, 2.75) is 37.1 Å². The van der Waals surface area contributed by atoms with Gasteiger partial charge >= 0.3 is 0 Å². The van der Waals surface area contributed by atoms with Gasteiger partial charge in [0.2, 0.25) is 0 Å². The SMILES string of the molecule is O=C(NCC1OCC(NC2CCNCC2)C1O)c1ccncc1. The van der Waals surface area contributed by atoms with Crippen molar-refractivity contribution in [3.8, 4) is 0 Å². The van der Waals surface area contributed by atoms with Gasteiger partial charge in [-0.1, -0.05) is 0 Å². The highest BCUT2D eigenvalue weighted by Gasteiger charge is 2.37. The number of hydrogen-bond acceptors (Lipinski definition) is 6. The lowest BCUT2D eigenvalue weighted by Gasteiger charge is -2.28. The van der Waals surface area contributed by atoms with Crippen molar-refractivity contribution >= 4 is 5.91 Å². The van der Waals surface area contributed by atoms with E-state index in [4.69, 9.17) is 4.74 Å². The first kappa shape index (κ1) is 16.3. The van der Waals surface area contributed by atoms with Gasteiger partial charge in [0.25, 0.3) is 5.91 Å². The molecule has 0 bridgehead atoms. The van der Waals surface area contributed by atoms with Crippen LogP contribution in [0.2, 0.25) is 0 Å². The molecule has 0 radical (unpaired) electrons. The van der Waals surface area contributed by atoms with Crippen LogP contribution in [-0.4, -0.2) is 66.5 Å². The van der Waals surface area contributed by atoms with Crippen LogP contribution in [0.3, 0.4) is 0 Å². The van der Waals surface area contributed by atoms with E-state index in [9.17, 15) is 9.90 Å². The summed E-state index contributed by atoms with van der Waals surface area (Å²) < 4.78 is 5.65. The standard InChI is InChI=1S/C16H24N4O3/c21-15-13(20-12-3-7-18-8-4-12)10-23-14(15)9-19-16(22)11-1-5-17-6-2-11/h1-2,5-6,12-15,18,20-21H,3-4,7-10H2,(H,19,22). The number of aliphatic hydroxyl groups excluding tert-OH is 1. The van der Waals surface area contributed by atoms with Gasteiger partial charge < -0.3 is 25.8 Å². The van der Waals surface area contributed by atoms with E-state index in [2.05, 4.69) is 20.9 Å². The highest BCUT2D eigenvalue weighted by atomic mass is 16.5. The number of carbonyl (C=O) groups is 1. The van der Waals surface area contributed by atoms with E-state index in [0.717, 1.165) is 25.9 Å². The van der Waals surface area contributed by atoms with Crippen molar-refractivity contribution < 1.29 is 14.6 Å². The number of nitrogens with zero attached hydrogens (tertiary/aromatic N) is 1. The van der Waals surface area contributed by atoms with Crippen molar-refractivity contribution in [3.63, 3.8) is 0 Å². The van der Waals surface area contributed by atoms with Crippen LogP contribution in [0.1, 0.15) is 23.2 Å². The first-order valence-electron chi connectivity index (χ1n) is 8.18. The molecule has 3 unspecified atom stereocenters. The maximum absolute atomic E-state index is 12.0. The molecule has 4 N–H and O–H groups in total. The number of nitrogens with one attached hydrogen (secondary N) is 3. The number of aromatic nitrogens is 1. The molecule has 1 amide bonds. The molecule has 2 aliphatic rings. The van der Waals surface area contributed by atoms with Crippen molar-refractivity contribution in [2.75, 3.05) is 26.2 Å². The van der Waals surface area contributed by atoms with Crippen LogP contribution >= 0.6 is 0 Å². The zero-order valence-electron chi connectivity index (χ0n) is 13.1. The van der Waals surface area contributed by atoms with Gasteiger partial charge in [0.15, 0.2) is 0 Å². The van der Waals surface area contributed by atoms with E-state index in [1.807, 2.05) is 0 Å². The fraction of sp³-hybridized carbons (Fsp3) is 0.625. The minimum absolute atomic E-state index is 0.0686. The van der Waals surface area contributed by atoms with E-state index >= 15 is 0 Å². The molecule has 2 saturated heterocycles. The monoisotopic (exact) mass is 320 g/mol. The molecule has 126 valence electrons. The third-order valence-electron chi connectivity index (χ3n) is 4.48. The largest absolute Gasteiger partial charge is 0.389 e. The van der Waals surface area contributed by atoms with Crippen LogP contribution in [0, 0.1) is 0 Å². The minimum atomic E-state index is -0.609. The summed E-state index contributed by atoms with van der Waals surface area (Å²) in [5.41, 5.74) is 0.553. The van der Waals surface area contributed by atoms with Gasteiger partial charge in [-0.25, -0.2) is 0 Å². The molecule has 3 heterocycles. The Morgan fingerprint density at radius 2 is 2.09 bits per heavy atom. The Bertz CT molecular complexity index is 507. The molecule has 1 aromatic rings. The number of carbonyl (C=O) groups excluding carboxylic acids is 1. The fourth-order valence-corrected chi connectivity index (χ4v) is 3.10. The zero-order valence-corrected chi connectivity index (χ0v) is 13.1. The Labute approximate surface area is 135 Å². The fourth-order valence-electron chi connectivity index (χ4n) is 3.10. The van der Waals surface area contributed by atoms with Gasteiger partial charge in [-0.15, -0.1) is 0 Å². The molecule has 3 atom stereocenters. The van der Waals surface area contributed by atoms with E-state index < -0.39 is 6.10 Å². The quantitative estimate of drug-likeness (QED) is 0.572. The molecule has 2 fully saturated rings. The van der Waals surface area contributed by atoms with E-state index in [1.165, 1.54) is 0 Å². The molecule has 0 saturated carbocycles. The second kappa shape index (κ2) is 7.83. The van der Waals surface area contributed by atoms with Crippen LogP contribution in [0.25, 0.3) is 0 Å². The summed E-state index contributed by atoms with van der Waals surface area (Å²) in [4.78, 5) is 15.9. The summed E-state index contributed by atoms with van der Waals surface area (Å²) >= 11 is 0.